The lowest BCUT2D eigenvalue weighted by Crippen LogP contribution is -2.25. The molecular formula is C24H22FN3. The number of nitrogens with one attached hydrogen (secondary N) is 1. The number of hydrazone groups is 1. The van der Waals surface area contributed by atoms with Crippen LogP contribution in [0, 0.1) is 5.82 Å². The van der Waals surface area contributed by atoms with Gasteiger partial charge in [-0.3, -0.25) is 5.01 Å². The largest absolute Gasteiger partial charge is 0.316 e. The molecule has 0 saturated heterocycles. The predicted octanol–water partition coefficient (Wildman–Crippen LogP) is 4.78. The van der Waals surface area contributed by atoms with Gasteiger partial charge in [0.1, 0.15) is 5.82 Å². The molecule has 3 aromatic rings. The van der Waals surface area contributed by atoms with Crippen molar-refractivity contribution in [2.75, 3.05) is 7.05 Å². The second-order valence-electron chi connectivity index (χ2n) is 6.85. The number of rotatable bonds is 5. The average molecular weight is 371 g/mol. The Hall–Kier alpha value is -3.24. The van der Waals surface area contributed by atoms with Gasteiger partial charge in [0.25, 0.3) is 0 Å². The number of fused-ring (bicyclic) bond motifs is 1. The van der Waals surface area contributed by atoms with E-state index in [2.05, 4.69) is 48.3 Å². The van der Waals surface area contributed by atoms with Crippen LogP contribution in [0.3, 0.4) is 0 Å². The Kier molecular flexibility index (Phi) is 5.04. The second kappa shape index (κ2) is 7.79. The standard InChI is InChI=1S/C24H22FN3/c1-17-22-5-3-4-6-23(22)24(20-11-7-18(8-12-20)15-26-2)27-28(17)16-19-9-13-21(25)14-10-19/h3-14,26H,1,15-16H2,2H3. The van der Waals surface area contributed by atoms with Gasteiger partial charge < -0.3 is 5.32 Å². The smallest absolute Gasteiger partial charge is 0.123 e. The minimum Gasteiger partial charge on any atom is -0.316 e. The van der Waals surface area contributed by atoms with Crippen molar-refractivity contribution in [3.63, 3.8) is 0 Å². The second-order valence-corrected chi connectivity index (χ2v) is 6.85. The van der Waals surface area contributed by atoms with Crippen molar-refractivity contribution in [1.29, 1.82) is 0 Å². The summed E-state index contributed by atoms with van der Waals surface area (Å²) >= 11 is 0. The lowest BCUT2D eigenvalue weighted by molar-refractivity contribution is 0.412. The van der Waals surface area contributed by atoms with Gasteiger partial charge in [0.2, 0.25) is 0 Å². The van der Waals surface area contributed by atoms with Gasteiger partial charge in [-0.1, -0.05) is 67.2 Å². The molecule has 0 amide bonds. The van der Waals surface area contributed by atoms with Crippen molar-refractivity contribution in [3.8, 4) is 0 Å². The Morgan fingerprint density at radius 3 is 2.21 bits per heavy atom. The van der Waals surface area contributed by atoms with Crippen molar-refractivity contribution >= 4 is 11.4 Å². The van der Waals surface area contributed by atoms with Crippen LogP contribution in [-0.2, 0) is 13.1 Å². The molecule has 0 unspecified atom stereocenters. The molecule has 0 bridgehead atoms. The molecule has 1 N–H and O–H groups in total. The van der Waals surface area contributed by atoms with Gasteiger partial charge in [0, 0.05) is 23.2 Å². The molecule has 0 radical (unpaired) electrons. The molecular weight excluding hydrogens is 349 g/mol. The van der Waals surface area contributed by atoms with Crippen molar-refractivity contribution in [2.24, 2.45) is 5.10 Å². The summed E-state index contributed by atoms with van der Waals surface area (Å²) in [4.78, 5) is 0. The number of halogens is 1. The molecule has 3 nitrogen and oxygen atoms in total. The van der Waals surface area contributed by atoms with E-state index in [9.17, 15) is 4.39 Å². The lowest BCUT2D eigenvalue weighted by atomic mass is 9.94. The zero-order chi connectivity index (χ0) is 19.5. The van der Waals surface area contributed by atoms with Crippen LogP contribution in [0.15, 0.2) is 84.5 Å². The van der Waals surface area contributed by atoms with Crippen LogP contribution in [-0.4, -0.2) is 17.8 Å². The zero-order valence-electron chi connectivity index (χ0n) is 15.8. The van der Waals surface area contributed by atoms with Gasteiger partial charge in [0.05, 0.1) is 18.0 Å². The van der Waals surface area contributed by atoms with Crippen molar-refractivity contribution in [3.05, 3.63) is 113 Å². The van der Waals surface area contributed by atoms with Crippen molar-refractivity contribution in [2.45, 2.75) is 13.1 Å². The fourth-order valence-electron chi connectivity index (χ4n) is 3.41. The maximum Gasteiger partial charge on any atom is 0.123 e. The minimum atomic E-state index is -0.239. The van der Waals surface area contributed by atoms with Crippen LogP contribution in [0.2, 0.25) is 0 Å². The summed E-state index contributed by atoms with van der Waals surface area (Å²) in [6.07, 6.45) is 0. The maximum absolute atomic E-state index is 13.2. The Labute approximate surface area is 164 Å². The van der Waals surface area contributed by atoms with Crippen LogP contribution in [0.25, 0.3) is 5.70 Å². The molecule has 4 heteroatoms. The predicted molar refractivity (Wildman–Crippen MR) is 112 cm³/mol. The van der Waals surface area contributed by atoms with E-state index in [0.29, 0.717) is 6.54 Å². The van der Waals surface area contributed by atoms with E-state index in [1.165, 1.54) is 17.7 Å². The normalized spacial score (nSPS) is 13.3. The average Bonchev–Trinajstić information content (AvgIpc) is 2.73. The van der Waals surface area contributed by atoms with E-state index >= 15 is 0 Å². The van der Waals surface area contributed by atoms with Crippen molar-refractivity contribution < 1.29 is 4.39 Å². The topological polar surface area (TPSA) is 27.6 Å². The fourth-order valence-corrected chi connectivity index (χ4v) is 3.41. The van der Waals surface area contributed by atoms with Gasteiger partial charge in [0.15, 0.2) is 0 Å². The molecule has 0 atom stereocenters. The summed E-state index contributed by atoms with van der Waals surface area (Å²) in [6, 6.07) is 23.1. The van der Waals surface area contributed by atoms with E-state index in [0.717, 1.165) is 40.2 Å². The molecule has 0 fully saturated rings. The highest BCUT2D eigenvalue weighted by atomic mass is 19.1. The highest BCUT2D eigenvalue weighted by molar-refractivity contribution is 6.16. The van der Waals surface area contributed by atoms with Crippen LogP contribution < -0.4 is 5.32 Å². The van der Waals surface area contributed by atoms with Crippen LogP contribution in [0.5, 0.6) is 0 Å². The third kappa shape index (κ3) is 3.59. The molecule has 140 valence electrons. The van der Waals surface area contributed by atoms with Gasteiger partial charge >= 0.3 is 0 Å². The summed E-state index contributed by atoms with van der Waals surface area (Å²) in [5.74, 6) is -0.239. The highest BCUT2D eigenvalue weighted by Crippen LogP contribution is 2.31. The Morgan fingerprint density at radius 1 is 0.893 bits per heavy atom. The molecule has 0 aliphatic carbocycles. The number of hydrogen-bond donors (Lipinski definition) is 1. The summed E-state index contributed by atoms with van der Waals surface area (Å²) in [6.45, 7) is 5.62. The molecule has 1 heterocycles. The first-order chi connectivity index (χ1) is 13.7. The van der Waals surface area contributed by atoms with E-state index in [1.807, 2.05) is 24.2 Å². The summed E-state index contributed by atoms with van der Waals surface area (Å²) in [5.41, 5.74) is 7.16. The first-order valence-corrected chi connectivity index (χ1v) is 9.29. The van der Waals surface area contributed by atoms with Gasteiger partial charge in [-0.25, -0.2) is 4.39 Å². The quantitative estimate of drug-likeness (QED) is 0.699. The van der Waals surface area contributed by atoms with E-state index in [-0.39, 0.29) is 5.82 Å². The summed E-state index contributed by atoms with van der Waals surface area (Å²) in [7, 11) is 1.94. The number of benzene rings is 3. The van der Waals surface area contributed by atoms with Gasteiger partial charge in [-0.15, -0.1) is 0 Å². The highest BCUT2D eigenvalue weighted by Gasteiger charge is 2.23. The van der Waals surface area contributed by atoms with Crippen LogP contribution >= 0.6 is 0 Å². The van der Waals surface area contributed by atoms with Crippen LogP contribution in [0.4, 0.5) is 4.39 Å². The number of hydrogen-bond acceptors (Lipinski definition) is 3. The Bertz CT molecular complexity index is 1020. The summed E-state index contributed by atoms with van der Waals surface area (Å²) in [5, 5.41) is 9.97. The van der Waals surface area contributed by atoms with E-state index < -0.39 is 0 Å². The lowest BCUT2D eigenvalue weighted by Gasteiger charge is -2.29. The zero-order valence-corrected chi connectivity index (χ0v) is 15.8. The third-order valence-electron chi connectivity index (χ3n) is 4.88. The minimum absolute atomic E-state index is 0.239. The molecule has 28 heavy (non-hydrogen) atoms. The molecule has 0 aromatic heterocycles. The SMILES string of the molecule is C=C1c2ccccc2C(c2ccc(CNC)cc2)=NN1Cc1ccc(F)cc1. The van der Waals surface area contributed by atoms with E-state index in [4.69, 9.17) is 5.10 Å². The third-order valence-corrected chi connectivity index (χ3v) is 4.88. The van der Waals surface area contributed by atoms with Gasteiger partial charge in [-0.2, -0.15) is 5.10 Å². The summed E-state index contributed by atoms with van der Waals surface area (Å²) < 4.78 is 13.2. The van der Waals surface area contributed by atoms with Gasteiger partial charge in [-0.05, 0) is 30.3 Å². The molecule has 0 saturated carbocycles. The Morgan fingerprint density at radius 2 is 1.54 bits per heavy atom. The molecule has 0 spiro atoms. The fraction of sp³-hybridized carbons (Fsp3) is 0.125. The molecule has 4 rings (SSSR count). The van der Waals surface area contributed by atoms with Crippen molar-refractivity contribution in [1.82, 2.24) is 10.3 Å². The number of nitrogens with zero attached hydrogens (tertiary/aromatic N) is 2. The first kappa shape index (κ1) is 18.1. The maximum atomic E-state index is 13.2. The monoisotopic (exact) mass is 371 g/mol. The van der Waals surface area contributed by atoms with Crippen LogP contribution in [0.1, 0.15) is 27.8 Å². The Balaban J connectivity index is 1.73. The van der Waals surface area contributed by atoms with E-state index in [1.54, 1.807) is 12.1 Å². The molecule has 1 aliphatic rings. The molecule has 3 aromatic carbocycles. The first-order valence-electron chi connectivity index (χ1n) is 9.29. The molecule has 1 aliphatic heterocycles.